The standard InChI is InChI=1S/C16H20N4O3/c1-11-2-4-12(5-3-11)14-15(22)20(16(23)18-14)10-13(21)19-8-6-17-7-9-19/h2-5,14,17H,6-10H2,1H3,(H,18,23). The molecule has 122 valence electrons. The van der Waals surface area contributed by atoms with Crippen LogP contribution in [0.1, 0.15) is 17.2 Å². The molecule has 1 unspecified atom stereocenters. The van der Waals surface area contributed by atoms with Gasteiger partial charge in [0.1, 0.15) is 12.6 Å². The average Bonchev–Trinajstić information content (AvgIpc) is 2.84. The Balaban J connectivity index is 1.68. The van der Waals surface area contributed by atoms with E-state index in [0.717, 1.165) is 29.1 Å². The van der Waals surface area contributed by atoms with E-state index >= 15 is 0 Å². The molecule has 23 heavy (non-hydrogen) atoms. The molecule has 2 heterocycles. The number of imide groups is 1. The Morgan fingerprint density at radius 2 is 1.83 bits per heavy atom. The molecular weight excluding hydrogens is 296 g/mol. The molecule has 0 bridgehead atoms. The zero-order chi connectivity index (χ0) is 16.4. The Morgan fingerprint density at radius 3 is 2.48 bits per heavy atom. The highest BCUT2D eigenvalue weighted by Gasteiger charge is 2.40. The number of amides is 4. The van der Waals surface area contributed by atoms with E-state index in [-0.39, 0.29) is 18.4 Å². The van der Waals surface area contributed by atoms with E-state index in [1.807, 2.05) is 31.2 Å². The van der Waals surface area contributed by atoms with Crippen molar-refractivity contribution < 1.29 is 14.4 Å². The molecule has 7 nitrogen and oxygen atoms in total. The lowest BCUT2D eigenvalue weighted by molar-refractivity contribution is -0.137. The number of piperazine rings is 1. The number of benzene rings is 1. The van der Waals surface area contributed by atoms with Crippen LogP contribution in [-0.4, -0.2) is 60.4 Å². The van der Waals surface area contributed by atoms with Crippen molar-refractivity contribution in [2.75, 3.05) is 32.7 Å². The second kappa shape index (κ2) is 6.37. The van der Waals surface area contributed by atoms with E-state index < -0.39 is 12.1 Å². The van der Waals surface area contributed by atoms with E-state index in [9.17, 15) is 14.4 Å². The maximum absolute atomic E-state index is 12.5. The van der Waals surface area contributed by atoms with E-state index in [0.29, 0.717) is 13.1 Å². The van der Waals surface area contributed by atoms with Gasteiger partial charge in [0.2, 0.25) is 5.91 Å². The lowest BCUT2D eigenvalue weighted by atomic mass is 10.1. The molecule has 2 saturated heterocycles. The lowest BCUT2D eigenvalue weighted by Gasteiger charge is -2.28. The minimum Gasteiger partial charge on any atom is -0.339 e. The second-order valence-corrected chi connectivity index (χ2v) is 5.85. The van der Waals surface area contributed by atoms with Gasteiger partial charge < -0.3 is 15.5 Å². The van der Waals surface area contributed by atoms with E-state index in [1.54, 1.807) is 4.90 Å². The Bertz CT molecular complexity index is 623. The van der Waals surface area contributed by atoms with Gasteiger partial charge in [-0.2, -0.15) is 0 Å². The SMILES string of the molecule is Cc1ccc(C2NC(=O)N(CC(=O)N3CCNCC3)C2=O)cc1. The van der Waals surface area contributed by atoms with Crippen molar-refractivity contribution >= 4 is 17.8 Å². The molecule has 0 aromatic heterocycles. The van der Waals surface area contributed by atoms with Crippen LogP contribution in [-0.2, 0) is 9.59 Å². The predicted molar refractivity (Wildman–Crippen MR) is 83.6 cm³/mol. The van der Waals surface area contributed by atoms with Crippen LogP contribution in [0.25, 0.3) is 0 Å². The molecule has 0 aliphatic carbocycles. The Labute approximate surface area is 134 Å². The Morgan fingerprint density at radius 1 is 1.17 bits per heavy atom. The van der Waals surface area contributed by atoms with Crippen LogP contribution in [0.3, 0.4) is 0 Å². The molecule has 1 atom stereocenters. The summed E-state index contributed by atoms with van der Waals surface area (Å²) in [6.07, 6.45) is 0. The summed E-state index contributed by atoms with van der Waals surface area (Å²) in [6.45, 7) is 4.42. The van der Waals surface area contributed by atoms with Crippen molar-refractivity contribution in [3.05, 3.63) is 35.4 Å². The summed E-state index contributed by atoms with van der Waals surface area (Å²) >= 11 is 0. The van der Waals surface area contributed by atoms with Crippen LogP contribution in [0.15, 0.2) is 24.3 Å². The fourth-order valence-electron chi connectivity index (χ4n) is 2.80. The molecule has 4 amide bonds. The highest BCUT2D eigenvalue weighted by molar-refractivity contribution is 6.06. The van der Waals surface area contributed by atoms with E-state index in [1.165, 1.54) is 0 Å². The fraction of sp³-hybridized carbons (Fsp3) is 0.438. The van der Waals surface area contributed by atoms with E-state index in [2.05, 4.69) is 10.6 Å². The van der Waals surface area contributed by atoms with Crippen molar-refractivity contribution in [1.29, 1.82) is 0 Å². The zero-order valence-corrected chi connectivity index (χ0v) is 13.0. The molecule has 1 aromatic carbocycles. The highest BCUT2D eigenvalue weighted by Crippen LogP contribution is 2.22. The molecule has 0 saturated carbocycles. The summed E-state index contributed by atoms with van der Waals surface area (Å²) in [5, 5.41) is 5.81. The summed E-state index contributed by atoms with van der Waals surface area (Å²) in [7, 11) is 0. The first kappa shape index (κ1) is 15.5. The van der Waals surface area contributed by atoms with Crippen LogP contribution >= 0.6 is 0 Å². The monoisotopic (exact) mass is 316 g/mol. The molecule has 7 heteroatoms. The number of urea groups is 1. The first-order chi connectivity index (χ1) is 11.1. The van der Waals surface area contributed by atoms with Crippen LogP contribution < -0.4 is 10.6 Å². The van der Waals surface area contributed by atoms with Gasteiger partial charge in [-0.15, -0.1) is 0 Å². The van der Waals surface area contributed by atoms with Crippen LogP contribution in [0.4, 0.5) is 4.79 Å². The molecule has 2 aliphatic rings. The summed E-state index contributed by atoms with van der Waals surface area (Å²) in [4.78, 5) is 39.5. The maximum Gasteiger partial charge on any atom is 0.325 e. The first-order valence-corrected chi connectivity index (χ1v) is 7.73. The average molecular weight is 316 g/mol. The van der Waals surface area contributed by atoms with Crippen molar-refractivity contribution in [3.63, 3.8) is 0 Å². The van der Waals surface area contributed by atoms with Gasteiger partial charge in [-0.3, -0.25) is 14.5 Å². The smallest absolute Gasteiger partial charge is 0.325 e. The summed E-state index contributed by atoms with van der Waals surface area (Å²) < 4.78 is 0. The molecule has 3 rings (SSSR count). The van der Waals surface area contributed by atoms with Gasteiger partial charge in [-0.05, 0) is 12.5 Å². The van der Waals surface area contributed by atoms with Crippen LogP contribution in [0, 0.1) is 6.92 Å². The molecule has 0 spiro atoms. The van der Waals surface area contributed by atoms with Crippen LogP contribution in [0.2, 0.25) is 0 Å². The Hall–Kier alpha value is -2.41. The van der Waals surface area contributed by atoms with E-state index in [4.69, 9.17) is 0 Å². The van der Waals surface area contributed by atoms with Gasteiger partial charge in [0.25, 0.3) is 5.91 Å². The molecule has 0 radical (unpaired) electrons. The summed E-state index contributed by atoms with van der Waals surface area (Å²) in [5.41, 5.74) is 1.81. The number of nitrogens with zero attached hydrogens (tertiary/aromatic N) is 2. The normalized spacial score (nSPS) is 21.5. The quantitative estimate of drug-likeness (QED) is 0.770. The number of carbonyl (C=O) groups is 3. The zero-order valence-electron chi connectivity index (χ0n) is 13.0. The van der Waals surface area contributed by atoms with Crippen molar-refractivity contribution in [2.45, 2.75) is 13.0 Å². The van der Waals surface area contributed by atoms with Crippen LogP contribution in [0.5, 0.6) is 0 Å². The van der Waals surface area contributed by atoms with Gasteiger partial charge in [-0.25, -0.2) is 4.79 Å². The molecular formula is C16H20N4O3. The van der Waals surface area contributed by atoms with Gasteiger partial charge in [0.15, 0.2) is 0 Å². The topological polar surface area (TPSA) is 81.8 Å². The van der Waals surface area contributed by atoms with Crippen molar-refractivity contribution in [1.82, 2.24) is 20.4 Å². The third-order valence-corrected chi connectivity index (χ3v) is 4.20. The van der Waals surface area contributed by atoms with Gasteiger partial charge in [0.05, 0.1) is 0 Å². The van der Waals surface area contributed by atoms with Gasteiger partial charge in [0, 0.05) is 26.2 Å². The largest absolute Gasteiger partial charge is 0.339 e. The molecule has 2 aliphatic heterocycles. The minimum absolute atomic E-state index is 0.195. The number of nitrogens with one attached hydrogen (secondary N) is 2. The number of aryl methyl sites for hydroxylation is 1. The van der Waals surface area contributed by atoms with Gasteiger partial charge in [-0.1, -0.05) is 29.8 Å². The van der Waals surface area contributed by atoms with Gasteiger partial charge >= 0.3 is 6.03 Å². The first-order valence-electron chi connectivity index (χ1n) is 7.73. The molecule has 2 fully saturated rings. The predicted octanol–water partition coefficient (Wildman–Crippen LogP) is 0.0197. The molecule has 1 aromatic rings. The number of hydrogen-bond acceptors (Lipinski definition) is 4. The minimum atomic E-state index is -0.709. The van der Waals surface area contributed by atoms with Crippen molar-refractivity contribution in [3.8, 4) is 0 Å². The van der Waals surface area contributed by atoms with Crippen molar-refractivity contribution in [2.24, 2.45) is 0 Å². The lowest BCUT2D eigenvalue weighted by Crippen LogP contribution is -2.50. The third-order valence-electron chi connectivity index (χ3n) is 4.20. The third kappa shape index (κ3) is 3.19. The number of hydrogen-bond donors (Lipinski definition) is 2. The maximum atomic E-state index is 12.5. The Kier molecular flexibility index (Phi) is 4.29. The molecule has 2 N–H and O–H groups in total. The highest BCUT2D eigenvalue weighted by atomic mass is 16.2. The number of carbonyl (C=O) groups excluding carboxylic acids is 3. The summed E-state index contributed by atoms with van der Waals surface area (Å²) in [6, 6.07) is 6.20. The second-order valence-electron chi connectivity index (χ2n) is 5.85. The fourth-order valence-corrected chi connectivity index (χ4v) is 2.80. The number of rotatable bonds is 3. The summed E-state index contributed by atoms with van der Waals surface area (Å²) in [5.74, 6) is -0.568.